The Balaban J connectivity index is 1.44. The van der Waals surface area contributed by atoms with Crippen LogP contribution < -0.4 is 5.32 Å². The van der Waals surface area contributed by atoms with Gasteiger partial charge in [0.2, 0.25) is 0 Å². The molecule has 4 saturated carbocycles. The van der Waals surface area contributed by atoms with Crippen LogP contribution in [0.25, 0.3) is 0 Å². The molecule has 2 N–H and O–H groups in total. The third-order valence-corrected chi connectivity index (χ3v) is 9.53. The van der Waals surface area contributed by atoms with Crippen molar-refractivity contribution in [1.29, 1.82) is 0 Å². The number of aliphatic hydroxyl groups excluding tert-OH is 1. The van der Waals surface area contributed by atoms with Gasteiger partial charge in [0.15, 0.2) is 6.10 Å². The number of rotatable bonds is 3. The van der Waals surface area contributed by atoms with Gasteiger partial charge >= 0.3 is 0 Å². The van der Waals surface area contributed by atoms with E-state index in [0.717, 1.165) is 57.3 Å². The first-order chi connectivity index (χ1) is 13.9. The molecule has 1 unspecified atom stereocenters. The molecule has 1 heterocycles. The van der Waals surface area contributed by atoms with Crippen molar-refractivity contribution >= 4 is 17.3 Å². The molecule has 6 nitrogen and oxygen atoms in total. The number of carbonyl (C=O) groups excluding carboxylic acids is 2. The monoisotopic (exact) mass is 402 g/mol. The van der Waals surface area contributed by atoms with Crippen molar-refractivity contribution in [1.82, 2.24) is 5.32 Å². The summed E-state index contributed by atoms with van der Waals surface area (Å²) in [5.74, 6) is 0.781. The minimum atomic E-state index is -0.338. The summed E-state index contributed by atoms with van der Waals surface area (Å²) in [6, 6.07) is 0. The van der Waals surface area contributed by atoms with Gasteiger partial charge in [-0.05, 0) is 61.7 Å². The largest absolute Gasteiger partial charge is 0.396 e. The molecule has 7 atom stereocenters. The van der Waals surface area contributed by atoms with Crippen LogP contribution in [0.4, 0.5) is 0 Å². The molecule has 0 aromatic heterocycles. The fourth-order valence-electron chi connectivity index (χ4n) is 7.53. The van der Waals surface area contributed by atoms with Crippen LogP contribution in [-0.2, 0) is 14.4 Å². The minimum absolute atomic E-state index is 0.0238. The Bertz CT molecular complexity index is 747. The van der Waals surface area contributed by atoms with Crippen molar-refractivity contribution in [3.63, 3.8) is 0 Å². The number of carbonyl (C=O) groups is 2. The second-order valence-electron chi connectivity index (χ2n) is 10.7. The van der Waals surface area contributed by atoms with E-state index < -0.39 is 0 Å². The van der Waals surface area contributed by atoms with Gasteiger partial charge in [0.1, 0.15) is 11.6 Å². The highest BCUT2D eigenvalue weighted by Crippen LogP contribution is 2.65. The molecule has 1 saturated heterocycles. The Morgan fingerprint density at radius 3 is 2.59 bits per heavy atom. The average Bonchev–Trinajstić information content (AvgIpc) is 2.97. The number of Topliss-reactive ketones (excluding diaryl/α,β-unsaturated/α-hetero) is 2. The van der Waals surface area contributed by atoms with Gasteiger partial charge in [-0.25, -0.2) is 0 Å². The summed E-state index contributed by atoms with van der Waals surface area (Å²) in [5.41, 5.74) is 0.739. The van der Waals surface area contributed by atoms with Gasteiger partial charge in [-0.1, -0.05) is 19.0 Å². The van der Waals surface area contributed by atoms with Crippen LogP contribution >= 0.6 is 0 Å². The third kappa shape index (κ3) is 2.78. The first-order valence-electron chi connectivity index (χ1n) is 11.5. The third-order valence-electron chi connectivity index (χ3n) is 9.53. The first kappa shape index (κ1) is 19.7. The molecule has 0 spiro atoms. The van der Waals surface area contributed by atoms with Crippen molar-refractivity contribution in [3.05, 3.63) is 0 Å². The van der Waals surface area contributed by atoms with E-state index in [1.807, 2.05) is 0 Å². The smallest absolute Gasteiger partial charge is 0.152 e. The van der Waals surface area contributed by atoms with Gasteiger partial charge in [-0.3, -0.25) is 9.59 Å². The van der Waals surface area contributed by atoms with Crippen LogP contribution in [0.3, 0.4) is 0 Å². The molecule has 1 aliphatic heterocycles. The van der Waals surface area contributed by atoms with Crippen LogP contribution in [0, 0.1) is 40.4 Å². The predicted octanol–water partition coefficient (Wildman–Crippen LogP) is 2.34. The van der Waals surface area contributed by atoms with Crippen LogP contribution in [-0.4, -0.2) is 48.2 Å². The van der Waals surface area contributed by atoms with Crippen molar-refractivity contribution in [3.8, 4) is 0 Å². The van der Waals surface area contributed by atoms with E-state index in [9.17, 15) is 14.7 Å². The summed E-state index contributed by atoms with van der Waals surface area (Å²) in [7, 11) is 0. The molecule has 5 aliphatic rings. The number of oxime groups is 1. The van der Waals surface area contributed by atoms with Crippen molar-refractivity contribution < 1.29 is 19.5 Å². The molecule has 5 rings (SSSR count). The van der Waals surface area contributed by atoms with Crippen molar-refractivity contribution in [2.24, 2.45) is 45.6 Å². The SMILES string of the molecule is C[C@]12CC/C(=N\OC3CNC3)CC1[C@@H](CO)C(=O)[C@@H]1[C@@H]2CC[C@]2(C)C(=O)CC[C@@H]12. The van der Waals surface area contributed by atoms with Gasteiger partial charge in [-0.2, -0.15) is 0 Å². The molecule has 29 heavy (non-hydrogen) atoms. The molecule has 0 bridgehead atoms. The highest BCUT2D eigenvalue weighted by Gasteiger charge is 2.65. The first-order valence-corrected chi connectivity index (χ1v) is 11.5. The number of nitrogens with one attached hydrogen (secondary N) is 1. The average molecular weight is 403 g/mol. The molecule has 0 amide bonds. The summed E-state index contributed by atoms with van der Waals surface area (Å²) in [6.07, 6.45) is 6.14. The highest BCUT2D eigenvalue weighted by atomic mass is 16.6. The number of ketones is 2. The fraction of sp³-hybridized carbons (Fsp3) is 0.870. The number of aliphatic hydroxyl groups is 1. The number of hydrogen-bond acceptors (Lipinski definition) is 6. The second-order valence-corrected chi connectivity index (χ2v) is 10.7. The van der Waals surface area contributed by atoms with Crippen LogP contribution in [0.5, 0.6) is 0 Å². The topological polar surface area (TPSA) is 88.0 Å². The van der Waals surface area contributed by atoms with E-state index in [1.54, 1.807) is 0 Å². The Morgan fingerprint density at radius 1 is 1.10 bits per heavy atom. The fourth-order valence-corrected chi connectivity index (χ4v) is 7.53. The van der Waals surface area contributed by atoms with E-state index in [1.165, 1.54) is 0 Å². The maximum absolute atomic E-state index is 13.7. The summed E-state index contributed by atoms with van der Waals surface area (Å²) < 4.78 is 0. The maximum Gasteiger partial charge on any atom is 0.152 e. The Labute approximate surface area is 172 Å². The van der Waals surface area contributed by atoms with Gasteiger partial charge in [0, 0.05) is 36.8 Å². The second kappa shape index (κ2) is 6.88. The van der Waals surface area contributed by atoms with Crippen LogP contribution in [0.1, 0.15) is 58.8 Å². The van der Waals surface area contributed by atoms with E-state index in [-0.39, 0.29) is 53.0 Å². The van der Waals surface area contributed by atoms with E-state index in [2.05, 4.69) is 24.3 Å². The molecule has 4 aliphatic carbocycles. The van der Waals surface area contributed by atoms with Gasteiger partial charge in [0.05, 0.1) is 12.3 Å². The van der Waals surface area contributed by atoms with E-state index in [4.69, 9.17) is 4.84 Å². The standard InChI is InChI=1S/C23H34N2O4/c1-22-7-5-13(25-29-14-10-24-11-14)9-18(22)15(12-26)21(28)20-16-3-4-19(27)23(16,2)8-6-17(20)22/h14-18,20,24,26H,3-12H2,1-2H3/b25-13+/t15-,16+,17+,18?,20+,22-,23+/m1/s1. The lowest BCUT2D eigenvalue weighted by atomic mass is 9.43. The van der Waals surface area contributed by atoms with Gasteiger partial charge in [-0.15, -0.1) is 0 Å². The Morgan fingerprint density at radius 2 is 1.90 bits per heavy atom. The van der Waals surface area contributed by atoms with Gasteiger partial charge in [0.25, 0.3) is 0 Å². The van der Waals surface area contributed by atoms with Crippen molar-refractivity contribution in [2.75, 3.05) is 19.7 Å². The van der Waals surface area contributed by atoms with Crippen LogP contribution in [0.2, 0.25) is 0 Å². The zero-order valence-corrected chi connectivity index (χ0v) is 17.7. The molecule has 5 fully saturated rings. The van der Waals surface area contributed by atoms with Crippen LogP contribution in [0.15, 0.2) is 5.16 Å². The summed E-state index contributed by atoms with van der Waals surface area (Å²) in [4.78, 5) is 31.9. The molecular formula is C23H34N2O4. The summed E-state index contributed by atoms with van der Waals surface area (Å²) in [5, 5.41) is 17.9. The molecular weight excluding hydrogens is 368 g/mol. The molecule has 0 radical (unpaired) electrons. The highest BCUT2D eigenvalue weighted by molar-refractivity contribution is 5.93. The lowest BCUT2D eigenvalue weighted by Crippen LogP contribution is -2.61. The molecule has 0 aromatic rings. The molecule has 0 aromatic carbocycles. The predicted molar refractivity (Wildman–Crippen MR) is 108 cm³/mol. The lowest BCUT2D eigenvalue weighted by Gasteiger charge is -2.60. The number of fused-ring (bicyclic) bond motifs is 5. The normalized spacial score (nSPS) is 48.7. The number of nitrogens with zero attached hydrogens (tertiary/aromatic N) is 1. The quantitative estimate of drug-likeness (QED) is 0.708. The zero-order valence-electron chi connectivity index (χ0n) is 17.7. The lowest BCUT2D eigenvalue weighted by molar-refractivity contribution is -0.166. The summed E-state index contributed by atoms with van der Waals surface area (Å²) in [6.45, 7) is 6.03. The van der Waals surface area contributed by atoms with Gasteiger partial charge < -0.3 is 15.3 Å². The number of hydrogen-bond donors (Lipinski definition) is 2. The Kier molecular flexibility index (Phi) is 4.67. The molecule has 6 heteroatoms. The maximum atomic E-state index is 13.7. The zero-order chi connectivity index (χ0) is 20.4. The van der Waals surface area contributed by atoms with E-state index in [0.29, 0.717) is 18.1 Å². The Hall–Kier alpha value is -1.27. The van der Waals surface area contributed by atoms with E-state index >= 15 is 0 Å². The molecule has 160 valence electrons. The summed E-state index contributed by atoms with van der Waals surface area (Å²) >= 11 is 0. The minimum Gasteiger partial charge on any atom is -0.396 e. The van der Waals surface area contributed by atoms with Crippen molar-refractivity contribution in [2.45, 2.75) is 64.9 Å².